The van der Waals surface area contributed by atoms with Gasteiger partial charge in [0.2, 0.25) is 0 Å². The van der Waals surface area contributed by atoms with Crippen molar-refractivity contribution in [2.24, 2.45) is 5.92 Å². The highest BCUT2D eigenvalue weighted by molar-refractivity contribution is 5.81. The van der Waals surface area contributed by atoms with Crippen LogP contribution in [-0.4, -0.2) is 36.1 Å². The normalized spacial score (nSPS) is 17.0. The van der Waals surface area contributed by atoms with Crippen molar-refractivity contribution in [2.75, 3.05) is 7.11 Å². The molecule has 0 heterocycles. The van der Waals surface area contributed by atoms with Gasteiger partial charge in [0.25, 0.3) is 5.91 Å². The summed E-state index contributed by atoms with van der Waals surface area (Å²) in [5.41, 5.74) is 1.01. The number of rotatable bonds is 8. The molecule has 1 aromatic carbocycles. The number of methoxy groups -OCH3 is 1. The first kappa shape index (κ1) is 17.8. The first-order chi connectivity index (χ1) is 10.9. The van der Waals surface area contributed by atoms with Crippen molar-refractivity contribution in [3.63, 3.8) is 0 Å². The van der Waals surface area contributed by atoms with Gasteiger partial charge < -0.3 is 14.4 Å². The van der Waals surface area contributed by atoms with E-state index in [-0.39, 0.29) is 11.9 Å². The Balaban J connectivity index is 1.95. The summed E-state index contributed by atoms with van der Waals surface area (Å²) in [4.78, 5) is 14.8. The molecule has 23 heavy (non-hydrogen) atoms. The Morgan fingerprint density at radius 3 is 2.52 bits per heavy atom. The Morgan fingerprint density at radius 2 is 1.96 bits per heavy atom. The van der Waals surface area contributed by atoms with Gasteiger partial charge in [-0.15, -0.1) is 0 Å². The van der Waals surface area contributed by atoms with Gasteiger partial charge in [-0.05, 0) is 50.3 Å². The number of carbonyl (C=O) groups is 1. The highest BCUT2D eigenvalue weighted by Crippen LogP contribution is 2.31. The maximum atomic E-state index is 12.8. The standard InChI is InChI=1S/C19H29NO3/c1-13(2)14(3)20(17-9-10-17)19(21)15(4)23-12-16-7-6-8-18(11-16)22-5/h6-8,11,13-15,17H,9-10,12H2,1-5H3. The molecule has 1 aliphatic carbocycles. The van der Waals surface area contributed by atoms with Crippen LogP contribution >= 0.6 is 0 Å². The molecule has 4 nitrogen and oxygen atoms in total. The Bertz CT molecular complexity index is 525. The number of amides is 1. The van der Waals surface area contributed by atoms with Crippen LogP contribution in [0.15, 0.2) is 24.3 Å². The average molecular weight is 319 g/mol. The molecule has 0 aromatic heterocycles. The van der Waals surface area contributed by atoms with Gasteiger partial charge in [0.15, 0.2) is 0 Å². The molecule has 1 aliphatic rings. The van der Waals surface area contributed by atoms with Crippen LogP contribution in [0.4, 0.5) is 0 Å². The Morgan fingerprint density at radius 1 is 1.26 bits per heavy atom. The summed E-state index contributed by atoms with van der Waals surface area (Å²) >= 11 is 0. The summed E-state index contributed by atoms with van der Waals surface area (Å²) in [6.45, 7) is 8.73. The van der Waals surface area contributed by atoms with Crippen LogP contribution in [0.3, 0.4) is 0 Å². The van der Waals surface area contributed by atoms with Crippen LogP contribution in [0.1, 0.15) is 46.1 Å². The van der Waals surface area contributed by atoms with Gasteiger partial charge in [-0.1, -0.05) is 26.0 Å². The zero-order chi connectivity index (χ0) is 17.0. The van der Waals surface area contributed by atoms with E-state index in [2.05, 4.69) is 20.8 Å². The molecule has 2 unspecified atom stereocenters. The van der Waals surface area contributed by atoms with Crippen LogP contribution in [0, 0.1) is 5.92 Å². The van der Waals surface area contributed by atoms with Gasteiger partial charge in [0, 0.05) is 12.1 Å². The van der Waals surface area contributed by atoms with Gasteiger partial charge in [-0.25, -0.2) is 0 Å². The summed E-state index contributed by atoms with van der Waals surface area (Å²) in [6, 6.07) is 8.40. The van der Waals surface area contributed by atoms with E-state index in [0.717, 1.165) is 24.2 Å². The molecule has 1 fully saturated rings. The van der Waals surface area contributed by atoms with E-state index in [1.807, 2.05) is 36.1 Å². The average Bonchev–Trinajstić information content (AvgIpc) is 3.37. The zero-order valence-corrected chi connectivity index (χ0v) is 14.9. The Hall–Kier alpha value is -1.55. The molecule has 2 rings (SSSR count). The van der Waals surface area contributed by atoms with Crippen LogP contribution in [0.25, 0.3) is 0 Å². The number of nitrogens with zero attached hydrogens (tertiary/aromatic N) is 1. The van der Waals surface area contributed by atoms with Crippen molar-refractivity contribution in [1.29, 1.82) is 0 Å². The molecule has 0 aliphatic heterocycles. The van der Waals surface area contributed by atoms with Gasteiger partial charge >= 0.3 is 0 Å². The minimum atomic E-state index is -0.428. The highest BCUT2D eigenvalue weighted by atomic mass is 16.5. The second-order valence-corrected chi connectivity index (χ2v) is 6.77. The number of benzene rings is 1. The van der Waals surface area contributed by atoms with E-state index in [9.17, 15) is 4.79 Å². The number of ether oxygens (including phenoxy) is 2. The monoisotopic (exact) mass is 319 g/mol. The van der Waals surface area contributed by atoms with Gasteiger partial charge in [0.05, 0.1) is 13.7 Å². The lowest BCUT2D eigenvalue weighted by atomic mass is 10.0. The first-order valence-electron chi connectivity index (χ1n) is 8.50. The van der Waals surface area contributed by atoms with E-state index in [1.165, 1.54) is 0 Å². The molecule has 0 bridgehead atoms. The molecule has 2 atom stereocenters. The maximum Gasteiger partial charge on any atom is 0.251 e. The third kappa shape index (κ3) is 4.71. The van der Waals surface area contributed by atoms with E-state index >= 15 is 0 Å². The molecule has 128 valence electrons. The van der Waals surface area contributed by atoms with Crippen molar-refractivity contribution in [3.05, 3.63) is 29.8 Å². The molecule has 0 saturated heterocycles. The third-order valence-electron chi connectivity index (χ3n) is 4.58. The minimum absolute atomic E-state index is 0.108. The van der Waals surface area contributed by atoms with Crippen LogP contribution in [0.2, 0.25) is 0 Å². The van der Waals surface area contributed by atoms with Crippen LogP contribution < -0.4 is 4.74 Å². The maximum absolute atomic E-state index is 12.8. The molecule has 1 saturated carbocycles. The predicted molar refractivity (Wildman–Crippen MR) is 91.4 cm³/mol. The molecular formula is C19H29NO3. The lowest BCUT2D eigenvalue weighted by molar-refractivity contribution is -0.147. The zero-order valence-electron chi connectivity index (χ0n) is 14.9. The van der Waals surface area contributed by atoms with Crippen molar-refractivity contribution < 1.29 is 14.3 Å². The number of carbonyl (C=O) groups excluding carboxylic acids is 1. The Labute approximate surface area is 139 Å². The van der Waals surface area contributed by atoms with E-state index in [1.54, 1.807) is 7.11 Å². The fourth-order valence-electron chi connectivity index (χ4n) is 2.65. The summed E-state index contributed by atoms with van der Waals surface area (Å²) in [5, 5.41) is 0. The first-order valence-corrected chi connectivity index (χ1v) is 8.50. The van der Waals surface area contributed by atoms with E-state index in [0.29, 0.717) is 18.6 Å². The molecular weight excluding hydrogens is 290 g/mol. The highest BCUT2D eigenvalue weighted by Gasteiger charge is 2.38. The van der Waals surface area contributed by atoms with Gasteiger partial charge in [-0.2, -0.15) is 0 Å². The fraction of sp³-hybridized carbons (Fsp3) is 0.632. The molecule has 1 amide bonds. The molecule has 0 spiro atoms. The van der Waals surface area contributed by atoms with Gasteiger partial charge in [-0.3, -0.25) is 4.79 Å². The molecule has 4 heteroatoms. The van der Waals surface area contributed by atoms with E-state index in [4.69, 9.17) is 9.47 Å². The second kappa shape index (κ2) is 7.82. The van der Waals surface area contributed by atoms with Crippen LogP contribution in [0.5, 0.6) is 5.75 Å². The lowest BCUT2D eigenvalue weighted by Gasteiger charge is -2.34. The quantitative estimate of drug-likeness (QED) is 0.734. The topological polar surface area (TPSA) is 38.8 Å². The second-order valence-electron chi connectivity index (χ2n) is 6.77. The summed E-state index contributed by atoms with van der Waals surface area (Å²) in [7, 11) is 1.65. The van der Waals surface area contributed by atoms with Crippen molar-refractivity contribution in [3.8, 4) is 5.75 Å². The fourth-order valence-corrected chi connectivity index (χ4v) is 2.65. The van der Waals surface area contributed by atoms with Crippen LogP contribution in [-0.2, 0) is 16.1 Å². The number of hydrogen-bond acceptors (Lipinski definition) is 3. The van der Waals surface area contributed by atoms with Crippen molar-refractivity contribution >= 4 is 5.91 Å². The predicted octanol–water partition coefficient (Wildman–Crippen LogP) is 3.64. The SMILES string of the molecule is COc1cccc(COC(C)C(=O)N(C2CC2)C(C)C(C)C)c1. The summed E-state index contributed by atoms with van der Waals surface area (Å²) in [6.07, 6.45) is 1.81. The van der Waals surface area contributed by atoms with E-state index < -0.39 is 6.10 Å². The molecule has 1 aromatic rings. The van der Waals surface area contributed by atoms with Crippen molar-refractivity contribution in [1.82, 2.24) is 4.90 Å². The molecule has 0 radical (unpaired) electrons. The largest absolute Gasteiger partial charge is 0.497 e. The lowest BCUT2D eigenvalue weighted by Crippen LogP contribution is -2.47. The van der Waals surface area contributed by atoms with Crippen molar-refractivity contribution in [2.45, 2.75) is 65.3 Å². The Kier molecular flexibility index (Phi) is 6.05. The van der Waals surface area contributed by atoms with Gasteiger partial charge in [0.1, 0.15) is 11.9 Å². The smallest absolute Gasteiger partial charge is 0.251 e. The minimum Gasteiger partial charge on any atom is -0.497 e. The molecule has 0 N–H and O–H groups in total. The number of hydrogen-bond donors (Lipinski definition) is 0. The summed E-state index contributed by atoms with van der Waals surface area (Å²) in [5.74, 6) is 1.36. The third-order valence-corrected chi connectivity index (χ3v) is 4.58. The summed E-state index contributed by atoms with van der Waals surface area (Å²) < 4.78 is 11.0.